The second-order valence-corrected chi connectivity index (χ2v) is 14.1. The van der Waals surface area contributed by atoms with Gasteiger partial charge in [0.2, 0.25) is 0 Å². The number of nitrogens with zero attached hydrogens (tertiary/aromatic N) is 6. The van der Waals surface area contributed by atoms with E-state index in [2.05, 4.69) is 56.5 Å². The Hall–Kier alpha value is -5.15. The van der Waals surface area contributed by atoms with Gasteiger partial charge >= 0.3 is 12.2 Å². The van der Waals surface area contributed by atoms with Crippen LogP contribution in [0.4, 0.5) is 21.1 Å². The molecule has 0 aliphatic carbocycles. The molecule has 3 aromatic heterocycles. The summed E-state index contributed by atoms with van der Waals surface area (Å²) in [6, 6.07) is 17.9. The molecule has 12 heteroatoms. The van der Waals surface area contributed by atoms with E-state index in [9.17, 15) is 9.59 Å². The van der Waals surface area contributed by atoms with Crippen LogP contribution in [0.25, 0.3) is 21.1 Å². The van der Waals surface area contributed by atoms with Crippen LogP contribution in [0.2, 0.25) is 0 Å². The highest BCUT2D eigenvalue weighted by Gasteiger charge is 2.39. The van der Waals surface area contributed by atoms with Gasteiger partial charge in [-0.1, -0.05) is 42.2 Å². The topological polar surface area (TPSA) is 115 Å². The molecular formula is C36H37N7O4S. The summed E-state index contributed by atoms with van der Waals surface area (Å²) in [6.07, 6.45) is 4.50. The number of thiophene rings is 1. The predicted octanol–water partition coefficient (Wildman–Crippen LogP) is 6.79. The number of amides is 2. The van der Waals surface area contributed by atoms with Gasteiger partial charge in [-0.05, 0) is 63.4 Å². The zero-order valence-electron chi connectivity index (χ0n) is 27.2. The van der Waals surface area contributed by atoms with Crippen molar-refractivity contribution >= 4 is 56.1 Å². The molecule has 2 aromatic carbocycles. The maximum atomic E-state index is 13.2. The number of hydrogen-bond donors (Lipinski definition) is 1. The Bertz CT molecular complexity index is 2020. The summed E-state index contributed by atoms with van der Waals surface area (Å²) >= 11 is 1.46. The van der Waals surface area contributed by atoms with Crippen molar-refractivity contribution in [3.63, 3.8) is 0 Å². The van der Waals surface area contributed by atoms with Crippen LogP contribution in [0.3, 0.4) is 0 Å². The Balaban J connectivity index is 1.09. The zero-order chi connectivity index (χ0) is 33.3. The predicted molar refractivity (Wildman–Crippen MR) is 185 cm³/mol. The Kier molecular flexibility index (Phi) is 8.62. The molecule has 0 radical (unpaired) electrons. The minimum Gasteiger partial charge on any atom is -0.444 e. The van der Waals surface area contributed by atoms with Crippen LogP contribution in [0, 0.1) is 11.8 Å². The van der Waals surface area contributed by atoms with Crippen molar-refractivity contribution in [3.05, 3.63) is 77.6 Å². The summed E-state index contributed by atoms with van der Waals surface area (Å²) < 4.78 is 13.5. The van der Waals surface area contributed by atoms with E-state index in [1.807, 2.05) is 62.0 Å². The molecule has 246 valence electrons. The third-order valence-corrected chi connectivity index (χ3v) is 9.25. The monoisotopic (exact) mass is 663 g/mol. The molecule has 5 aromatic rings. The average Bonchev–Trinajstić information content (AvgIpc) is 3.87. The van der Waals surface area contributed by atoms with Gasteiger partial charge in [-0.15, -0.1) is 11.3 Å². The van der Waals surface area contributed by atoms with Gasteiger partial charge in [0.1, 0.15) is 34.7 Å². The zero-order valence-corrected chi connectivity index (χ0v) is 28.0. The summed E-state index contributed by atoms with van der Waals surface area (Å²) in [4.78, 5) is 39.7. The van der Waals surface area contributed by atoms with Crippen molar-refractivity contribution in [2.75, 3.05) is 25.0 Å². The number of likely N-dealkylation sites (tertiary alicyclic amines) is 2. The first-order valence-electron chi connectivity index (χ1n) is 16.2. The van der Waals surface area contributed by atoms with Crippen molar-refractivity contribution < 1.29 is 19.1 Å². The Labute approximate surface area is 282 Å². The highest BCUT2D eigenvalue weighted by atomic mass is 32.1. The van der Waals surface area contributed by atoms with Gasteiger partial charge in [0.15, 0.2) is 0 Å². The molecule has 2 aliphatic heterocycles. The fourth-order valence-electron chi connectivity index (χ4n) is 6.01. The van der Waals surface area contributed by atoms with Gasteiger partial charge in [0.25, 0.3) is 0 Å². The number of hydrogen-bond acceptors (Lipinski definition) is 9. The Morgan fingerprint density at radius 2 is 1.85 bits per heavy atom. The minimum atomic E-state index is -0.667. The lowest BCUT2D eigenvalue weighted by atomic mass is 10.2. The lowest BCUT2D eigenvalue weighted by Gasteiger charge is -2.26. The molecular weight excluding hydrogens is 627 g/mol. The number of carbonyl (C=O) groups is 2. The lowest BCUT2D eigenvalue weighted by Crippen LogP contribution is -2.40. The van der Waals surface area contributed by atoms with E-state index >= 15 is 0 Å². The number of nitrogens with one attached hydrogen (secondary N) is 1. The standard InChI is InChI=1S/C36H37N7O4S/c1-36(2,3)47-35(45)42-22-28(46-34(44)41-15-7-8-16-41)18-27(42)12-13-29-19-30-32(37-23-38-33(30)48-29)40-26-11-14-31-25(17-26)20-39-43(31)21-24-9-5-4-6-10-24/h4-6,9-11,14,17,19-20,23,27-28H,7-8,15-16,18,21-22H2,1-3H3,(H,37,38,40)/t27-,28+/m1/s1. The Morgan fingerprint density at radius 1 is 1.04 bits per heavy atom. The van der Waals surface area contributed by atoms with Crippen LogP contribution >= 0.6 is 11.3 Å². The van der Waals surface area contributed by atoms with E-state index in [4.69, 9.17) is 9.47 Å². The Morgan fingerprint density at radius 3 is 2.65 bits per heavy atom. The van der Waals surface area contributed by atoms with Gasteiger partial charge in [-0.2, -0.15) is 5.10 Å². The van der Waals surface area contributed by atoms with E-state index in [1.165, 1.54) is 23.2 Å². The van der Waals surface area contributed by atoms with Gasteiger partial charge in [-0.3, -0.25) is 9.58 Å². The molecule has 2 atom stereocenters. The molecule has 0 saturated carbocycles. The van der Waals surface area contributed by atoms with Crippen molar-refractivity contribution in [2.45, 2.75) is 64.3 Å². The first-order chi connectivity index (χ1) is 23.2. The first-order valence-corrected chi connectivity index (χ1v) is 17.0. The van der Waals surface area contributed by atoms with Crippen molar-refractivity contribution in [3.8, 4) is 11.8 Å². The summed E-state index contributed by atoms with van der Waals surface area (Å²) in [5, 5.41) is 9.92. The smallest absolute Gasteiger partial charge is 0.411 e. The largest absolute Gasteiger partial charge is 0.444 e. The van der Waals surface area contributed by atoms with Gasteiger partial charge in [0.05, 0.1) is 35.1 Å². The molecule has 0 unspecified atom stereocenters. The number of rotatable bonds is 5. The van der Waals surface area contributed by atoms with Crippen LogP contribution in [-0.4, -0.2) is 79.1 Å². The highest BCUT2D eigenvalue weighted by molar-refractivity contribution is 7.19. The van der Waals surface area contributed by atoms with Crippen LogP contribution in [0.1, 0.15) is 50.5 Å². The summed E-state index contributed by atoms with van der Waals surface area (Å²) in [7, 11) is 0. The fourth-order valence-corrected chi connectivity index (χ4v) is 6.87. The van der Waals surface area contributed by atoms with Crippen LogP contribution < -0.4 is 5.32 Å². The van der Waals surface area contributed by atoms with Crippen LogP contribution in [0.15, 0.2) is 67.1 Å². The number of ether oxygens (including phenoxy) is 2. The van der Waals surface area contributed by atoms with E-state index < -0.39 is 23.8 Å². The summed E-state index contributed by atoms with van der Waals surface area (Å²) in [6.45, 7) is 7.81. The molecule has 2 saturated heterocycles. The van der Waals surface area contributed by atoms with Gasteiger partial charge in [0, 0.05) is 30.6 Å². The maximum Gasteiger partial charge on any atom is 0.411 e. The maximum absolute atomic E-state index is 13.2. The molecule has 1 N–H and O–H groups in total. The molecule has 2 aliphatic rings. The van der Waals surface area contributed by atoms with Gasteiger partial charge < -0.3 is 19.7 Å². The third kappa shape index (κ3) is 7.06. The lowest BCUT2D eigenvalue weighted by molar-refractivity contribution is 0.0219. The van der Waals surface area contributed by atoms with E-state index in [0.29, 0.717) is 31.9 Å². The molecule has 5 heterocycles. The average molecular weight is 664 g/mol. The van der Waals surface area contributed by atoms with Crippen molar-refractivity contribution in [1.29, 1.82) is 0 Å². The normalized spacial score (nSPS) is 17.8. The van der Waals surface area contributed by atoms with Crippen molar-refractivity contribution in [1.82, 2.24) is 29.5 Å². The second-order valence-electron chi connectivity index (χ2n) is 13.1. The van der Waals surface area contributed by atoms with Gasteiger partial charge in [-0.25, -0.2) is 19.6 Å². The molecule has 2 amide bonds. The second kappa shape index (κ2) is 13.2. The minimum absolute atomic E-state index is 0.231. The van der Waals surface area contributed by atoms with Crippen molar-refractivity contribution in [2.24, 2.45) is 0 Å². The van der Waals surface area contributed by atoms with E-state index in [0.717, 1.165) is 44.5 Å². The highest BCUT2D eigenvalue weighted by Crippen LogP contribution is 2.31. The SMILES string of the molecule is CC(C)(C)OC(=O)N1C[C@@H](OC(=O)N2CCCC2)C[C@H]1C#Cc1cc2c(Nc3ccc4c(cnn4Cc4ccccc4)c3)ncnc2s1. The first kappa shape index (κ1) is 31.4. The number of fused-ring (bicyclic) bond motifs is 2. The molecule has 11 nitrogen and oxygen atoms in total. The number of anilines is 2. The summed E-state index contributed by atoms with van der Waals surface area (Å²) in [5.74, 6) is 7.18. The third-order valence-electron chi connectivity index (χ3n) is 8.29. The van der Waals surface area contributed by atoms with E-state index in [-0.39, 0.29) is 12.6 Å². The van der Waals surface area contributed by atoms with E-state index in [1.54, 1.807) is 9.80 Å². The molecule has 0 spiro atoms. The number of carbonyl (C=O) groups excluding carboxylic acids is 2. The fraction of sp³-hybridized carbons (Fsp3) is 0.361. The molecule has 0 bridgehead atoms. The molecule has 2 fully saturated rings. The number of benzene rings is 2. The van der Waals surface area contributed by atoms with Crippen LogP contribution in [0.5, 0.6) is 0 Å². The quantitative estimate of drug-likeness (QED) is 0.205. The van der Waals surface area contributed by atoms with Crippen LogP contribution in [-0.2, 0) is 16.0 Å². The number of aromatic nitrogens is 4. The summed E-state index contributed by atoms with van der Waals surface area (Å²) in [5.41, 5.74) is 2.45. The molecule has 7 rings (SSSR count). The molecule has 48 heavy (non-hydrogen) atoms.